The molecule has 0 unspecified atom stereocenters. The average Bonchev–Trinajstić information content (AvgIpc) is 2.64. The van der Waals surface area contributed by atoms with E-state index in [0.717, 1.165) is 59.5 Å². The van der Waals surface area contributed by atoms with E-state index in [9.17, 15) is 9.59 Å². The molecule has 0 fully saturated rings. The summed E-state index contributed by atoms with van der Waals surface area (Å²) in [4.78, 5) is 27.9. The van der Waals surface area contributed by atoms with Crippen molar-refractivity contribution >= 4 is 11.6 Å². The molecule has 0 saturated heterocycles. The van der Waals surface area contributed by atoms with Gasteiger partial charge in [-0.05, 0) is 50.3 Å². The Bertz CT molecular complexity index is 790. The predicted molar refractivity (Wildman–Crippen MR) is 99.9 cm³/mol. The van der Waals surface area contributed by atoms with Crippen LogP contribution in [-0.2, 0) is 9.59 Å². The lowest BCUT2D eigenvalue weighted by molar-refractivity contribution is -0.117. The standard InChI is InChI=1S/C22H25NO3/c1-3-26-15-8-4-7-14(13-15)20-21-16(9-5-11-18(21)24)23(2)17-10-6-12-19(25)22(17)20/h4,7-8,13,20H,3,5-6,9-12H2,1-2H3. The van der Waals surface area contributed by atoms with Crippen molar-refractivity contribution in [2.45, 2.75) is 51.4 Å². The zero-order valence-electron chi connectivity index (χ0n) is 15.5. The minimum atomic E-state index is -0.239. The molecule has 26 heavy (non-hydrogen) atoms. The van der Waals surface area contributed by atoms with E-state index in [4.69, 9.17) is 4.74 Å². The Kier molecular flexibility index (Phi) is 4.43. The van der Waals surface area contributed by atoms with Crippen molar-refractivity contribution < 1.29 is 14.3 Å². The Morgan fingerprint density at radius 1 is 1.00 bits per heavy atom. The molecular weight excluding hydrogens is 326 g/mol. The molecule has 1 aromatic carbocycles. The first-order valence-electron chi connectivity index (χ1n) is 9.60. The molecule has 0 spiro atoms. The van der Waals surface area contributed by atoms with Crippen molar-refractivity contribution in [3.63, 3.8) is 0 Å². The SMILES string of the molecule is CCOc1cccc(C2C3=C(CCCC3=O)N(C)C3=C2C(=O)CCC3)c1. The van der Waals surface area contributed by atoms with E-state index in [-0.39, 0.29) is 17.5 Å². The third kappa shape index (κ3) is 2.68. The van der Waals surface area contributed by atoms with E-state index in [1.807, 2.05) is 38.2 Å². The number of benzene rings is 1. The largest absolute Gasteiger partial charge is 0.494 e. The second-order valence-electron chi connectivity index (χ2n) is 7.27. The van der Waals surface area contributed by atoms with Crippen LogP contribution in [0.25, 0.3) is 0 Å². The van der Waals surface area contributed by atoms with Crippen molar-refractivity contribution in [1.29, 1.82) is 0 Å². The molecule has 136 valence electrons. The molecule has 0 aromatic heterocycles. The molecular formula is C22H25NO3. The maximum absolute atomic E-state index is 12.9. The van der Waals surface area contributed by atoms with Gasteiger partial charge in [-0.1, -0.05) is 12.1 Å². The second-order valence-corrected chi connectivity index (χ2v) is 7.27. The van der Waals surface area contributed by atoms with Gasteiger partial charge < -0.3 is 9.64 Å². The van der Waals surface area contributed by atoms with Crippen LogP contribution in [0.5, 0.6) is 5.75 Å². The molecule has 0 radical (unpaired) electrons. The van der Waals surface area contributed by atoms with Crippen LogP contribution in [0.15, 0.2) is 46.8 Å². The number of rotatable bonds is 3. The van der Waals surface area contributed by atoms with Gasteiger partial charge in [0.15, 0.2) is 11.6 Å². The first-order chi connectivity index (χ1) is 12.6. The Morgan fingerprint density at radius 2 is 1.62 bits per heavy atom. The summed E-state index contributed by atoms with van der Waals surface area (Å²) in [7, 11) is 2.02. The molecule has 1 aliphatic heterocycles. The van der Waals surface area contributed by atoms with E-state index in [1.165, 1.54) is 0 Å². The van der Waals surface area contributed by atoms with Gasteiger partial charge in [0, 0.05) is 48.3 Å². The first kappa shape index (κ1) is 17.1. The number of hydrogen-bond acceptors (Lipinski definition) is 4. The van der Waals surface area contributed by atoms with E-state index < -0.39 is 0 Å². The number of carbonyl (C=O) groups is 2. The van der Waals surface area contributed by atoms with Crippen molar-refractivity contribution in [3.05, 3.63) is 52.4 Å². The average molecular weight is 351 g/mol. The van der Waals surface area contributed by atoms with Gasteiger partial charge >= 0.3 is 0 Å². The minimum Gasteiger partial charge on any atom is -0.494 e. The zero-order valence-corrected chi connectivity index (χ0v) is 15.5. The molecule has 4 rings (SSSR count). The van der Waals surface area contributed by atoms with E-state index >= 15 is 0 Å². The smallest absolute Gasteiger partial charge is 0.161 e. The van der Waals surface area contributed by atoms with Gasteiger partial charge in [0.25, 0.3) is 0 Å². The van der Waals surface area contributed by atoms with Crippen LogP contribution < -0.4 is 4.74 Å². The molecule has 0 N–H and O–H groups in total. The highest BCUT2D eigenvalue weighted by Crippen LogP contribution is 2.48. The van der Waals surface area contributed by atoms with E-state index in [1.54, 1.807) is 0 Å². The lowest BCUT2D eigenvalue weighted by atomic mass is 9.71. The quantitative estimate of drug-likeness (QED) is 0.821. The zero-order chi connectivity index (χ0) is 18.3. The molecule has 4 heteroatoms. The summed E-state index contributed by atoms with van der Waals surface area (Å²) in [6.45, 7) is 2.55. The number of ether oxygens (including phenoxy) is 1. The van der Waals surface area contributed by atoms with Gasteiger partial charge in [0.1, 0.15) is 5.75 Å². The van der Waals surface area contributed by atoms with Crippen LogP contribution in [-0.4, -0.2) is 30.1 Å². The summed E-state index contributed by atoms with van der Waals surface area (Å²) in [5, 5.41) is 0. The number of ketones is 2. The van der Waals surface area contributed by atoms with Gasteiger partial charge in [0.2, 0.25) is 0 Å². The van der Waals surface area contributed by atoms with Gasteiger partial charge in [-0.25, -0.2) is 0 Å². The molecule has 0 amide bonds. The summed E-state index contributed by atoms with van der Waals surface area (Å²) in [5.41, 5.74) is 4.89. The van der Waals surface area contributed by atoms with Crippen molar-refractivity contribution in [3.8, 4) is 5.75 Å². The van der Waals surface area contributed by atoms with Crippen molar-refractivity contribution in [2.24, 2.45) is 0 Å². The van der Waals surface area contributed by atoms with Crippen LogP contribution in [0, 0.1) is 0 Å². The lowest BCUT2D eigenvalue weighted by Crippen LogP contribution is -2.37. The predicted octanol–water partition coefficient (Wildman–Crippen LogP) is 4.13. The maximum atomic E-state index is 12.9. The lowest BCUT2D eigenvalue weighted by Gasteiger charge is -2.42. The van der Waals surface area contributed by atoms with E-state index in [2.05, 4.69) is 4.90 Å². The topological polar surface area (TPSA) is 46.6 Å². The fraction of sp³-hybridized carbons (Fsp3) is 0.455. The first-order valence-corrected chi connectivity index (χ1v) is 9.60. The molecule has 2 aliphatic carbocycles. The van der Waals surface area contributed by atoms with Crippen LogP contribution in [0.2, 0.25) is 0 Å². The van der Waals surface area contributed by atoms with Gasteiger partial charge in [-0.15, -0.1) is 0 Å². The minimum absolute atomic E-state index is 0.190. The molecule has 0 atom stereocenters. The number of allylic oxidation sites excluding steroid dienone is 4. The Morgan fingerprint density at radius 3 is 2.19 bits per heavy atom. The molecule has 1 aromatic rings. The molecule has 3 aliphatic rings. The van der Waals surface area contributed by atoms with Gasteiger partial charge in [-0.3, -0.25) is 9.59 Å². The second kappa shape index (κ2) is 6.75. The summed E-state index contributed by atoms with van der Waals surface area (Å²) in [5.74, 6) is 0.932. The molecule has 4 nitrogen and oxygen atoms in total. The third-order valence-electron chi connectivity index (χ3n) is 5.75. The monoisotopic (exact) mass is 351 g/mol. The van der Waals surface area contributed by atoms with Crippen molar-refractivity contribution in [2.75, 3.05) is 13.7 Å². The number of Topliss-reactive ketones (excluding diaryl/α,β-unsaturated/α-hetero) is 2. The molecule has 0 saturated carbocycles. The third-order valence-corrected chi connectivity index (χ3v) is 5.75. The number of nitrogens with zero attached hydrogens (tertiary/aromatic N) is 1. The number of hydrogen-bond donors (Lipinski definition) is 0. The summed E-state index contributed by atoms with van der Waals surface area (Å²) in [6.07, 6.45) is 4.75. The Hall–Kier alpha value is -2.36. The highest BCUT2D eigenvalue weighted by atomic mass is 16.5. The fourth-order valence-corrected chi connectivity index (χ4v) is 4.64. The van der Waals surface area contributed by atoms with Crippen LogP contribution >= 0.6 is 0 Å². The van der Waals surface area contributed by atoms with Crippen LogP contribution in [0.4, 0.5) is 0 Å². The summed E-state index contributed by atoms with van der Waals surface area (Å²) < 4.78 is 5.67. The van der Waals surface area contributed by atoms with Crippen LogP contribution in [0.3, 0.4) is 0 Å². The maximum Gasteiger partial charge on any atom is 0.161 e. The normalized spacial score (nSPS) is 21.1. The van der Waals surface area contributed by atoms with E-state index in [0.29, 0.717) is 19.4 Å². The highest BCUT2D eigenvalue weighted by molar-refractivity contribution is 6.06. The van der Waals surface area contributed by atoms with Crippen LogP contribution in [0.1, 0.15) is 56.9 Å². The van der Waals surface area contributed by atoms with Gasteiger partial charge in [0.05, 0.1) is 6.61 Å². The fourth-order valence-electron chi connectivity index (χ4n) is 4.64. The Labute approximate surface area is 154 Å². The number of carbonyl (C=O) groups excluding carboxylic acids is 2. The molecule has 1 heterocycles. The molecule has 0 bridgehead atoms. The van der Waals surface area contributed by atoms with Gasteiger partial charge in [-0.2, -0.15) is 0 Å². The highest BCUT2D eigenvalue weighted by Gasteiger charge is 2.42. The van der Waals surface area contributed by atoms with Crippen molar-refractivity contribution in [1.82, 2.24) is 4.90 Å². The summed E-state index contributed by atoms with van der Waals surface area (Å²) in [6, 6.07) is 7.91. The Balaban J connectivity index is 1.91. The summed E-state index contributed by atoms with van der Waals surface area (Å²) >= 11 is 0.